The Morgan fingerprint density at radius 1 is 1.26 bits per heavy atom. The third-order valence-electron chi connectivity index (χ3n) is 2.84. The van der Waals surface area contributed by atoms with Crippen molar-refractivity contribution < 1.29 is 9.13 Å². The smallest absolute Gasteiger partial charge is 0.165 e. The standard InChI is InChI=1S/C15H13BrClFO/c1-19-15-6-5-11(9-14(15)18)13(17)8-10-3-2-4-12(16)7-10/h2-7,9,13H,8H2,1H3. The minimum absolute atomic E-state index is 0.232. The molecule has 2 aromatic rings. The zero-order valence-corrected chi connectivity index (χ0v) is 12.7. The Kier molecular flexibility index (Phi) is 4.83. The van der Waals surface area contributed by atoms with Crippen molar-refractivity contribution in [2.75, 3.05) is 7.11 Å². The highest BCUT2D eigenvalue weighted by molar-refractivity contribution is 9.10. The fourth-order valence-corrected chi connectivity index (χ4v) is 2.63. The normalized spacial score (nSPS) is 12.2. The summed E-state index contributed by atoms with van der Waals surface area (Å²) >= 11 is 9.76. The molecule has 2 rings (SSSR count). The summed E-state index contributed by atoms with van der Waals surface area (Å²) in [5.41, 5.74) is 1.85. The van der Waals surface area contributed by atoms with Gasteiger partial charge in [0.2, 0.25) is 0 Å². The Bertz CT molecular complexity index is 574. The van der Waals surface area contributed by atoms with Gasteiger partial charge in [0.1, 0.15) is 0 Å². The van der Waals surface area contributed by atoms with Gasteiger partial charge in [-0.05, 0) is 41.8 Å². The lowest BCUT2D eigenvalue weighted by molar-refractivity contribution is 0.386. The average Bonchev–Trinajstić information content (AvgIpc) is 2.38. The van der Waals surface area contributed by atoms with Crippen LogP contribution in [0.15, 0.2) is 46.9 Å². The van der Waals surface area contributed by atoms with Crippen LogP contribution in [0.4, 0.5) is 4.39 Å². The maximum absolute atomic E-state index is 13.6. The second kappa shape index (κ2) is 6.40. The van der Waals surface area contributed by atoms with Crippen LogP contribution in [-0.2, 0) is 6.42 Å². The summed E-state index contributed by atoms with van der Waals surface area (Å²) in [7, 11) is 1.44. The maximum Gasteiger partial charge on any atom is 0.165 e. The van der Waals surface area contributed by atoms with Gasteiger partial charge in [0, 0.05) is 4.47 Å². The van der Waals surface area contributed by atoms with E-state index in [2.05, 4.69) is 15.9 Å². The van der Waals surface area contributed by atoms with Gasteiger partial charge in [-0.25, -0.2) is 4.39 Å². The van der Waals surface area contributed by atoms with E-state index in [1.807, 2.05) is 24.3 Å². The summed E-state index contributed by atoms with van der Waals surface area (Å²) in [5.74, 6) is -0.157. The van der Waals surface area contributed by atoms with Gasteiger partial charge in [-0.15, -0.1) is 11.6 Å². The summed E-state index contributed by atoms with van der Waals surface area (Å²) in [6.45, 7) is 0. The summed E-state index contributed by atoms with van der Waals surface area (Å²) in [6.07, 6.45) is 0.646. The van der Waals surface area contributed by atoms with E-state index >= 15 is 0 Å². The molecule has 2 aromatic carbocycles. The fourth-order valence-electron chi connectivity index (χ4n) is 1.87. The number of halogens is 3. The van der Waals surface area contributed by atoms with Crippen molar-refractivity contribution in [3.63, 3.8) is 0 Å². The van der Waals surface area contributed by atoms with Gasteiger partial charge in [0.05, 0.1) is 12.5 Å². The monoisotopic (exact) mass is 342 g/mol. The van der Waals surface area contributed by atoms with E-state index in [1.165, 1.54) is 13.2 Å². The maximum atomic E-state index is 13.6. The molecule has 0 fully saturated rings. The van der Waals surface area contributed by atoms with Gasteiger partial charge in [-0.1, -0.05) is 34.1 Å². The molecule has 0 aliphatic heterocycles. The molecule has 0 aliphatic carbocycles. The van der Waals surface area contributed by atoms with Crippen LogP contribution in [0.3, 0.4) is 0 Å². The van der Waals surface area contributed by atoms with Gasteiger partial charge in [-0.2, -0.15) is 0 Å². The molecule has 100 valence electrons. The van der Waals surface area contributed by atoms with E-state index in [9.17, 15) is 4.39 Å². The summed E-state index contributed by atoms with van der Waals surface area (Å²) in [6, 6.07) is 12.7. The molecule has 1 atom stereocenters. The van der Waals surface area contributed by atoms with E-state index in [0.717, 1.165) is 15.6 Å². The average molecular weight is 344 g/mol. The minimum atomic E-state index is -0.389. The van der Waals surface area contributed by atoms with Gasteiger partial charge in [0.25, 0.3) is 0 Å². The van der Waals surface area contributed by atoms with Crippen LogP contribution in [0.5, 0.6) is 5.75 Å². The topological polar surface area (TPSA) is 9.23 Å². The molecule has 0 saturated carbocycles. The number of benzene rings is 2. The first-order chi connectivity index (χ1) is 9.10. The van der Waals surface area contributed by atoms with Gasteiger partial charge < -0.3 is 4.74 Å². The summed E-state index contributed by atoms with van der Waals surface area (Å²) < 4.78 is 19.5. The van der Waals surface area contributed by atoms with Crippen LogP contribution in [0.1, 0.15) is 16.5 Å². The van der Waals surface area contributed by atoms with Crippen LogP contribution in [0.25, 0.3) is 0 Å². The molecule has 1 unspecified atom stereocenters. The highest BCUT2D eigenvalue weighted by atomic mass is 79.9. The first-order valence-electron chi connectivity index (χ1n) is 5.82. The molecular weight excluding hydrogens is 331 g/mol. The SMILES string of the molecule is COc1ccc(C(Cl)Cc2cccc(Br)c2)cc1F. The molecule has 0 aliphatic rings. The Hall–Kier alpha value is -1.06. The van der Waals surface area contributed by atoms with Crippen LogP contribution in [0.2, 0.25) is 0 Å². The Balaban J connectivity index is 2.15. The third-order valence-corrected chi connectivity index (χ3v) is 3.74. The lowest BCUT2D eigenvalue weighted by Crippen LogP contribution is -1.98. The van der Waals surface area contributed by atoms with Gasteiger partial charge >= 0.3 is 0 Å². The number of hydrogen-bond acceptors (Lipinski definition) is 1. The van der Waals surface area contributed by atoms with E-state index in [-0.39, 0.29) is 16.9 Å². The summed E-state index contributed by atoms with van der Waals surface area (Å²) in [4.78, 5) is 0. The molecule has 0 radical (unpaired) electrons. The molecule has 0 N–H and O–H groups in total. The van der Waals surface area contributed by atoms with Crippen molar-refractivity contribution in [2.45, 2.75) is 11.8 Å². The number of alkyl halides is 1. The molecule has 0 saturated heterocycles. The van der Waals surface area contributed by atoms with Crippen molar-refractivity contribution in [3.05, 3.63) is 63.9 Å². The van der Waals surface area contributed by atoms with Crippen molar-refractivity contribution in [3.8, 4) is 5.75 Å². The summed E-state index contributed by atoms with van der Waals surface area (Å²) in [5, 5.41) is -0.269. The number of ether oxygens (including phenoxy) is 1. The Morgan fingerprint density at radius 2 is 2.05 bits per heavy atom. The van der Waals surface area contributed by atoms with Crippen LogP contribution < -0.4 is 4.74 Å². The Labute approximate surface area is 125 Å². The van der Waals surface area contributed by atoms with Gasteiger partial charge in [-0.3, -0.25) is 0 Å². The quantitative estimate of drug-likeness (QED) is 0.700. The second-order valence-corrected chi connectivity index (χ2v) is 5.64. The van der Waals surface area contributed by atoms with Crippen molar-refractivity contribution in [1.82, 2.24) is 0 Å². The highest BCUT2D eigenvalue weighted by Crippen LogP contribution is 2.29. The van der Waals surface area contributed by atoms with Crippen LogP contribution in [-0.4, -0.2) is 7.11 Å². The predicted molar refractivity (Wildman–Crippen MR) is 79.4 cm³/mol. The lowest BCUT2D eigenvalue weighted by Gasteiger charge is -2.11. The lowest BCUT2D eigenvalue weighted by atomic mass is 10.0. The zero-order chi connectivity index (χ0) is 13.8. The molecule has 1 nitrogen and oxygen atoms in total. The molecule has 4 heteroatoms. The fraction of sp³-hybridized carbons (Fsp3) is 0.200. The van der Waals surface area contributed by atoms with Gasteiger partial charge in [0.15, 0.2) is 11.6 Å². The number of methoxy groups -OCH3 is 1. The molecule has 0 heterocycles. The van der Waals surface area contributed by atoms with Crippen molar-refractivity contribution in [1.29, 1.82) is 0 Å². The predicted octanol–water partition coefficient (Wildman–Crippen LogP) is 5.12. The first kappa shape index (κ1) is 14.4. The molecule has 0 aromatic heterocycles. The van der Waals surface area contributed by atoms with Crippen LogP contribution in [0, 0.1) is 5.82 Å². The second-order valence-electron chi connectivity index (χ2n) is 4.20. The van der Waals surface area contributed by atoms with Crippen LogP contribution >= 0.6 is 27.5 Å². The number of rotatable bonds is 4. The molecule has 0 spiro atoms. The van der Waals surface area contributed by atoms with E-state index in [4.69, 9.17) is 16.3 Å². The third kappa shape index (κ3) is 3.71. The zero-order valence-electron chi connectivity index (χ0n) is 10.4. The molecule has 0 amide bonds. The molecule has 19 heavy (non-hydrogen) atoms. The first-order valence-corrected chi connectivity index (χ1v) is 7.05. The molecule has 0 bridgehead atoms. The van der Waals surface area contributed by atoms with E-state index < -0.39 is 0 Å². The van der Waals surface area contributed by atoms with Crippen molar-refractivity contribution >= 4 is 27.5 Å². The van der Waals surface area contributed by atoms with E-state index in [0.29, 0.717) is 6.42 Å². The Morgan fingerprint density at radius 3 is 2.68 bits per heavy atom. The van der Waals surface area contributed by atoms with E-state index in [1.54, 1.807) is 12.1 Å². The highest BCUT2D eigenvalue weighted by Gasteiger charge is 2.12. The molecular formula is C15H13BrClFO. The number of hydrogen-bond donors (Lipinski definition) is 0. The largest absolute Gasteiger partial charge is 0.494 e. The minimum Gasteiger partial charge on any atom is -0.494 e. The van der Waals surface area contributed by atoms with Crippen molar-refractivity contribution in [2.24, 2.45) is 0 Å².